The Hall–Kier alpha value is -1.66. The van der Waals surface area contributed by atoms with Gasteiger partial charge in [-0.3, -0.25) is 4.79 Å². The van der Waals surface area contributed by atoms with Crippen molar-refractivity contribution in [3.05, 3.63) is 23.0 Å². The average Bonchev–Trinajstić information content (AvgIpc) is 2.85. The summed E-state index contributed by atoms with van der Waals surface area (Å²) >= 11 is 1.51. The van der Waals surface area contributed by atoms with Crippen molar-refractivity contribution in [2.24, 2.45) is 4.99 Å². The summed E-state index contributed by atoms with van der Waals surface area (Å²) < 4.78 is 14.0. The van der Waals surface area contributed by atoms with E-state index in [9.17, 15) is 4.79 Å². The van der Waals surface area contributed by atoms with Crippen LogP contribution in [0.1, 0.15) is 26.7 Å². The van der Waals surface area contributed by atoms with Gasteiger partial charge in [-0.1, -0.05) is 24.3 Å². The molecule has 1 aromatic carbocycles. The number of para-hydroxylation sites is 1. The van der Waals surface area contributed by atoms with Crippen LogP contribution < -0.4 is 9.54 Å². The first-order chi connectivity index (χ1) is 10.7. The van der Waals surface area contributed by atoms with Gasteiger partial charge in [0.25, 0.3) is 0 Å². The summed E-state index contributed by atoms with van der Waals surface area (Å²) in [6.07, 6.45) is 1.27. The lowest BCUT2D eigenvalue weighted by atomic mass is 10.3. The van der Waals surface area contributed by atoms with Crippen LogP contribution in [-0.4, -0.2) is 30.8 Å². The van der Waals surface area contributed by atoms with E-state index in [0.29, 0.717) is 31.0 Å². The first-order valence-corrected chi connectivity index (χ1v) is 8.34. The van der Waals surface area contributed by atoms with Gasteiger partial charge in [-0.05, 0) is 25.5 Å². The number of methoxy groups -OCH3 is 1. The summed E-state index contributed by atoms with van der Waals surface area (Å²) in [4.78, 5) is 16.9. The van der Waals surface area contributed by atoms with E-state index in [2.05, 4.69) is 4.99 Å². The van der Waals surface area contributed by atoms with Gasteiger partial charge in [0.2, 0.25) is 5.91 Å². The zero-order valence-electron chi connectivity index (χ0n) is 13.3. The number of ether oxygens (including phenoxy) is 2. The standard InChI is InChI=1S/C16H22N2O3S/c1-4-7-14(19)17-16-18(10-11-21-5-2)15-12(20-3)8-6-9-13(15)22-16/h6,8-9H,4-5,7,10-11H2,1-3H3. The molecule has 0 fully saturated rings. The Morgan fingerprint density at radius 2 is 2.18 bits per heavy atom. The van der Waals surface area contributed by atoms with Crippen LogP contribution in [0.4, 0.5) is 0 Å². The van der Waals surface area contributed by atoms with Crippen LogP contribution in [0.25, 0.3) is 10.2 Å². The van der Waals surface area contributed by atoms with Crippen molar-refractivity contribution in [3.8, 4) is 5.75 Å². The number of fused-ring (bicyclic) bond motifs is 1. The quantitative estimate of drug-likeness (QED) is 0.736. The summed E-state index contributed by atoms with van der Waals surface area (Å²) in [6.45, 7) is 5.83. The highest BCUT2D eigenvalue weighted by Gasteiger charge is 2.12. The van der Waals surface area contributed by atoms with Crippen molar-refractivity contribution in [1.29, 1.82) is 0 Å². The largest absolute Gasteiger partial charge is 0.495 e. The number of nitrogens with zero attached hydrogens (tertiary/aromatic N) is 2. The number of benzene rings is 1. The molecule has 0 aliphatic heterocycles. The van der Waals surface area contributed by atoms with Crippen LogP contribution in [0.5, 0.6) is 5.75 Å². The molecule has 0 N–H and O–H groups in total. The smallest absolute Gasteiger partial charge is 0.248 e. The Balaban J connectivity index is 2.54. The fourth-order valence-corrected chi connectivity index (χ4v) is 3.32. The first-order valence-electron chi connectivity index (χ1n) is 7.52. The summed E-state index contributed by atoms with van der Waals surface area (Å²) in [5.74, 6) is 0.702. The third-order valence-corrected chi connectivity index (χ3v) is 4.28. The number of aromatic nitrogens is 1. The van der Waals surface area contributed by atoms with Crippen molar-refractivity contribution in [2.45, 2.75) is 33.2 Å². The molecule has 6 heteroatoms. The van der Waals surface area contributed by atoms with Crippen LogP contribution in [0.15, 0.2) is 23.2 Å². The lowest BCUT2D eigenvalue weighted by molar-refractivity contribution is -0.118. The Kier molecular flexibility index (Phi) is 6.15. The van der Waals surface area contributed by atoms with E-state index >= 15 is 0 Å². The highest BCUT2D eigenvalue weighted by atomic mass is 32.1. The molecule has 2 rings (SSSR count). The van der Waals surface area contributed by atoms with Gasteiger partial charge in [-0.2, -0.15) is 4.99 Å². The minimum atomic E-state index is -0.0850. The van der Waals surface area contributed by atoms with E-state index < -0.39 is 0 Å². The van der Waals surface area contributed by atoms with Gasteiger partial charge in [0, 0.05) is 19.6 Å². The van der Waals surface area contributed by atoms with E-state index in [1.54, 1.807) is 7.11 Å². The molecule has 0 saturated heterocycles. The van der Waals surface area contributed by atoms with E-state index in [-0.39, 0.29) is 5.91 Å². The van der Waals surface area contributed by atoms with Crippen molar-refractivity contribution in [1.82, 2.24) is 4.57 Å². The number of hydrogen-bond donors (Lipinski definition) is 0. The summed E-state index contributed by atoms with van der Waals surface area (Å²) in [7, 11) is 1.65. The maximum atomic E-state index is 11.9. The molecule has 120 valence electrons. The van der Waals surface area contributed by atoms with Crippen LogP contribution in [0.2, 0.25) is 0 Å². The summed E-state index contributed by atoms with van der Waals surface area (Å²) in [6, 6.07) is 5.88. The van der Waals surface area contributed by atoms with E-state index in [4.69, 9.17) is 9.47 Å². The third-order valence-electron chi connectivity index (χ3n) is 3.23. The number of rotatable bonds is 7. The minimum absolute atomic E-state index is 0.0850. The molecule has 0 unspecified atom stereocenters. The SMILES string of the molecule is CCCC(=O)N=c1sc2cccc(OC)c2n1CCOCC. The van der Waals surface area contributed by atoms with Crippen molar-refractivity contribution in [2.75, 3.05) is 20.3 Å². The predicted molar refractivity (Wildman–Crippen MR) is 88.3 cm³/mol. The van der Waals surface area contributed by atoms with Crippen LogP contribution >= 0.6 is 11.3 Å². The number of thiazole rings is 1. The Morgan fingerprint density at radius 1 is 1.36 bits per heavy atom. The first kappa shape index (κ1) is 16.7. The van der Waals surface area contributed by atoms with Gasteiger partial charge in [0.05, 0.1) is 18.4 Å². The summed E-state index contributed by atoms with van der Waals surface area (Å²) in [5, 5.41) is 0. The second kappa shape index (κ2) is 8.10. The number of carbonyl (C=O) groups excluding carboxylic acids is 1. The minimum Gasteiger partial charge on any atom is -0.495 e. The molecule has 22 heavy (non-hydrogen) atoms. The van der Waals surface area contributed by atoms with Gasteiger partial charge >= 0.3 is 0 Å². The lowest BCUT2D eigenvalue weighted by Gasteiger charge is -2.08. The molecule has 0 aliphatic carbocycles. The molecule has 1 heterocycles. The van der Waals surface area contributed by atoms with Crippen molar-refractivity contribution in [3.63, 3.8) is 0 Å². The fourth-order valence-electron chi connectivity index (χ4n) is 2.23. The maximum Gasteiger partial charge on any atom is 0.248 e. The molecule has 2 aromatic rings. The summed E-state index contributed by atoms with van der Waals surface area (Å²) in [5.41, 5.74) is 0.970. The molecule has 0 aliphatic rings. The molecule has 0 atom stereocenters. The normalized spacial score (nSPS) is 12.0. The maximum absolute atomic E-state index is 11.9. The van der Waals surface area contributed by atoms with Gasteiger partial charge in [0.1, 0.15) is 11.3 Å². The zero-order valence-corrected chi connectivity index (χ0v) is 14.1. The molecule has 0 radical (unpaired) electrons. The van der Waals surface area contributed by atoms with Gasteiger partial charge in [-0.25, -0.2) is 0 Å². The topological polar surface area (TPSA) is 52.8 Å². The number of amides is 1. The monoisotopic (exact) mass is 322 g/mol. The molecule has 5 nitrogen and oxygen atoms in total. The molecular weight excluding hydrogens is 300 g/mol. The highest BCUT2D eigenvalue weighted by molar-refractivity contribution is 7.16. The van der Waals surface area contributed by atoms with Crippen LogP contribution in [-0.2, 0) is 16.1 Å². The zero-order chi connectivity index (χ0) is 15.9. The number of carbonyl (C=O) groups is 1. The van der Waals surface area contributed by atoms with Gasteiger partial charge < -0.3 is 14.0 Å². The van der Waals surface area contributed by atoms with Crippen LogP contribution in [0, 0.1) is 0 Å². The van der Waals surface area contributed by atoms with Crippen molar-refractivity contribution < 1.29 is 14.3 Å². The fraction of sp³-hybridized carbons (Fsp3) is 0.500. The van der Waals surface area contributed by atoms with E-state index in [1.807, 2.05) is 36.6 Å². The Bertz CT molecular complexity index is 703. The molecule has 1 amide bonds. The number of hydrogen-bond acceptors (Lipinski definition) is 4. The Labute approximate surface area is 134 Å². The molecule has 0 bridgehead atoms. The van der Waals surface area contributed by atoms with E-state index in [0.717, 1.165) is 22.4 Å². The third kappa shape index (κ3) is 3.75. The van der Waals surface area contributed by atoms with Crippen LogP contribution in [0.3, 0.4) is 0 Å². The highest BCUT2D eigenvalue weighted by Crippen LogP contribution is 2.27. The molecule has 0 saturated carbocycles. The second-order valence-electron chi connectivity index (χ2n) is 4.80. The average molecular weight is 322 g/mol. The van der Waals surface area contributed by atoms with E-state index in [1.165, 1.54) is 11.3 Å². The predicted octanol–water partition coefficient (Wildman–Crippen LogP) is 2.98. The second-order valence-corrected chi connectivity index (χ2v) is 5.80. The Morgan fingerprint density at radius 3 is 2.86 bits per heavy atom. The van der Waals surface area contributed by atoms with Crippen molar-refractivity contribution >= 4 is 27.5 Å². The molecular formula is C16H22N2O3S. The molecule has 1 aromatic heterocycles. The lowest BCUT2D eigenvalue weighted by Crippen LogP contribution is -2.20. The van der Waals surface area contributed by atoms with Gasteiger partial charge in [0.15, 0.2) is 4.80 Å². The molecule has 0 spiro atoms. The van der Waals surface area contributed by atoms with Gasteiger partial charge in [-0.15, -0.1) is 0 Å².